The van der Waals surface area contributed by atoms with Crippen LogP contribution in [0.4, 0.5) is 13.2 Å². The van der Waals surface area contributed by atoms with Crippen molar-refractivity contribution in [2.24, 2.45) is 5.92 Å². The van der Waals surface area contributed by atoms with Crippen LogP contribution in [-0.2, 0) is 3.07 Å². The molecule has 12 heavy (non-hydrogen) atoms. The molecule has 0 aromatic carbocycles. The van der Waals surface area contributed by atoms with Crippen LogP contribution in [-0.4, -0.2) is 12.3 Å². The molecule has 0 heterocycles. The van der Waals surface area contributed by atoms with E-state index in [-0.39, 0.29) is 18.9 Å². The predicted molar refractivity (Wildman–Crippen MR) is 46.9 cm³/mol. The van der Waals surface area contributed by atoms with Crippen LogP contribution in [0.5, 0.6) is 0 Å². The molecule has 2 atom stereocenters. The smallest absolute Gasteiger partial charge is 0.312 e. The summed E-state index contributed by atoms with van der Waals surface area (Å²) in [7, 11) is 0. The minimum absolute atomic E-state index is 0.131. The molecule has 0 bridgehead atoms. The van der Waals surface area contributed by atoms with Crippen LogP contribution in [0.1, 0.15) is 25.7 Å². The van der Waals surface area contributed by atoms with E-state index in [1.807, 2.05) is 0 Å². The first-order chi connectivity index (χ1) is 5.54. The van der Waals surface area contributed by atoms with Crippen LogP contribution >= 0.6 is 23.0 Å². The monoisotopic (exact) mass is 294 g/mol. The van der Waals surface area contributed by atoms with Gasteiger partial charge in [-0.15, -0.1) is 0 Å². The number of hydrogen-bond acceptors (Lipinski definition) is 1. The fourth-order valence-corrected chi connectivity index (χ4v) is 1.99. The second-order valence-corrected chi connectivity index (χ2v) is 3.62. The third-order valence-corrected chi connectivity index (χ3v) is 2.93. The topological polar surface area (TPSA) is 9.23 Å². The summed E-state index contributed by atoms with van der Waals surface area (Å²) in [4.78, 5) is 0. The zero-order valence-corrected chi connectivity index (χ0v) is 8.56. The van der Waals surface area contributed by atoms with Crippen molar-refractivity contribution in [3.05, 3.63) is 0 Å². The van der Waals surface area contributed by atoms with Crippen molar-refractivity contribution in [1.82, 2.24) is 0 Å². The first kappa shape index (κ1) is 10.6. The van der Waals surface area contributed by atoms with Gasteiger partial charge in [-0.3, -0.25) is 0 Å². The summed E-state index contributed by atoms with van der Waals surface area (Å²) in [6.45, 7) is 0. The van der Waals surface area contributed by atoms with E-state index in [1.54, 1.807) is 23.0 Å². The minimum atomic E-state index is -4.03. The summed E-state index contributed by atoms with van der Waals surface area (Å²) < 4.78 is 41.5. The third kappa shape index (κ3) is 2.76. The lowest BCUT2D eigenvalue weighted by Crippen LogP contribution is -2.31. The van der Waals surface area contributed by atoms with Crippen LogP contribution in [0.15, 0.2) is 0 Å². The van der Waals surface area contributed by atoms with E-state index >= 15 is 0 Å². The van der Waals surface area contributed by atoms with Gasteiger partial charge in [-0.2, -0.15) is 13.2 Å². The van der Waals surface area contributed by atoms with Crippen molar-refractivity contribution >= 4 is 23.0 Å². The van der Waals surface area contributed by atoms with Gasteiger partial charge in [0, 0.05) is 0 Å². The molecule has 1 saturated carbocycles. The minimum Gasteiger partial charge on any atom is -0.312 e. The lowest BCUT2D eigenvalue weighted by molar-refractivity contribution is -0.187. The van der Waals surface area contributed by atoms with Crippen molar-refractivity contribution in [3.63, 3.8) is 0 Å². The van der Waals surface area contributed by atoms with Crippen LogP contribution in [0.25, 0.3) is 0 Å². The van der Waals surface area contributed by atoms with Gasteiger partial charge >= 0.3 is 6.18 Å². The summed E-state index contributed by atoms with van der Waals surface area (Å²) >= 11 is 1.68. The lowest BCUT2D eigenvalue weighted by atomic mass is 9.87. The zero-order valence-electron chi connectivity index (χ0n) is 6.40. The van der Waals surface area contributed by atoms with E-state index in [0.29, 0.717) is 6.42 Å². The standard InChI is InChI=1S/C7H10F3IO/c8-7(9,10)5-2-1-3-6(4-5)12-11/h5-6H,1-4H2. The molecule has 1 nitrogen and oxygen atoms in total. The van der Waals surface area contributed by atoms with E-state index in [4.69, 9.17) is 3.07 Å². The molecule has 0 spiro atoms. The van der Waals surface area contributed by atoms with Gasteiger partial charge in [0.15, 0.2) is 0 Å². The fourth-order valence-electron chi connectivity index (χ4n) is 1.52. The normalized spacial score (nSPS) is 32.0. The largest absolute Gasteiger partial charge is 0.391 e. The van der Waals surface area contributed by atoms with Crippen molar-refractivity contribution < 1.29 is 16.2 Å². The average Bonchev–Trinajstić information content (AvgIpc) is 2.03. The SMILES string of the molecule is FC(F)(F)C1CCCC(OI)C1. The van der Waals surface area contributed by atoms with Gasteiger partial charge in [-0.05, 0) is 19.3 Å². The summed E-state index contributed by atoms with van der Waals surface area (Å²) in [5, 5.41) is 0. The second-order valence-electron chi connectivity index (χ2n) is 3.12. The Hall–Kier alpha value is 0.480. The molecule has 72 valence electrons. The molecule has 0 aromatic rings. The maximum absolute atomic E-state index is 12.2. The van der Waals surface area contributed by atoms with Gasteiger partial charge in [0.1, 0.15) is 23.0 Å². The molecule has 0 aromatic heterocycles. The van der Waals surface area contributed by atoms with Gasteiger partial charge < -0.3 is 3.07 Å². The molecule has 1 fully saturated rings. The fraction of sp³-hybridized carbons (Fsp3) is 1.00. The number of alkyl halides is 3. The lowest BCUT2D eigenvalue weighted by Gasteiger charge is -2.28. The molecule has 2 unspecified atom stereocenters. The van der Waals surface area contributed by atoms with Crippen molar-refractivity contribution in [2.45, 2.75) is 38.0 Å². The highest BCUT2D eigenvalue weighted by atomic mass is 127. The number of rotatable bonds is 1. The first-order valence-electron chi connectivity index (χ1n) is 3.88. The van der Waals surface area contributed by atoms with Crippen molar-refractivity contribution in [2.75, 3.05) is 0 Å². The highest BCUT2D eigenvalue weighted by molar-refractivity contribution is 14.1. The summed E-state index contributed by atoms with van der Waals surface area (Å²) in [6, 6.07) is 0. The van der Waals surface area contributed by atoms with Crippen LogP contribution < -0.4 is 0 Å². The molecule has 1 aliphatic carbocycles. The van der Waals surface area contributed by atoms with Gasteiger partial charge in [-0.25, -0.2) is 0 Å². The maximum atomic E-state index is 12.2. The molecule has 0 aliphatic heterocycles. The molecule has 0 saturated heterocycles. The van der Waals surface area contributed by atoms with E-state index < -0.39 is 12.1 Å². The predicted octanol–water partition coefficient (Wildman–Crippen LogP) is 3.47. The third-order valence-electron chi connectivity index (χ3n) is 2.21. The van der Waals surface area contributed by atoms with Crippen LogP contribution in [0.3, 0.4) is 0 Å². The Morgan fingerprint density at radius 2 is 1.92 bits per heavy atom. The Morgan fingerprint density at radius 3 is 2.42 bits per heavy atom. The van der Waals surface area contributed by atoms with E-state index in [0.717, 1.165) is 6.42 Å². The molecule has 5 heteroatoms. The second kappa shape index (κ2) is 4.13. The Morgan fingerprint density at radius 1 is 1.25 bits per heavy atom. The van der Waals surface area contributed by atoms with E-state index in [2.05, 4.69) is 0 Å². The van der Waals surface area contributed by atoms with E-state index in [1.165, 1.54) is 0 Å². The Balaban J connectivity index is 2.46. The molecule has 0 amide bonds. The average molecular weight is 294 g/mol. The summed E-state index contributed by atoms with van der Waals surface area (Å²) in [5.41, 5.74) is 0. The Labute approximate surface area is 83.3 Å². The van der Waals surface area contributed by atoms with Crippen LogP contribution in [0.2, 0.25) is 0 Å². The molecule has 0 N–H and O–H groups in total. The molecular formula is C7H10F3IO. The maximum Gasteiger partial charge on any atom is 0.391 e. The van der Waals surface area contributed by atoms with Crippen LogP contribution in [0, 0.1) is 5.92 Å². The highest BCUT2D eigenvalue weighted by Crippen LogP contribution is 2.38. The van der Waals surface area contributed by atoms with Crippen molar-refractivity contribution in [3.8, 4) is 0 Å². The van der Waals surface area contributed by atoms with E-state index in [9.17, 15) is 13.2 Å². The van der Waals surface area contributed by atoms with Gasteiger partial charge in [0.2, 0.25) is 0 Å². The zero-order chi connectivity index (χ0) is 9.19. The van der Waals surface area contributed by atoms with Gasteiger partial charge in [0.25, 0.3) is 0 Å². The molecule has 1 aliphatic rings. The Kier molecular flexibility index (Phi) is 3.63. The number of hydrogen-bond donors (Lipinski definition) is 0. The van der Waals surface area contributed by atoms with Crippen molar-refractivity contribution in [1.29, 1.82) is 0 Å². The molecular weight excluding hydrogens is 284 g/mol. The molecule has 1 rings (SSSR count). The Bertz CT molecular complexity index is 148. The quantitative estimate of drug-likeness (QED) is 0.673. The summed E-state index contributed by atoms with van der Waals surface area (Å²) in [5.74, 6) is -1.15. The molecule has 0 radical (unpaired) electrons. The van der Waals surface area contributed by atoms with Gasteiger partial charge in [-0.1, -0.05) is 6.42 Å². The number of halogens is 4. The summed E-state index contributed by atoms with van der Waals surface area (Å²) in [6.07, 6.45) is -2.46. The first-order valence-corrected chi connectivity index (χ1v) is 4.76. The van der Waals surface area contributed by atoms with Gasteiger partial charge in [0.05, 0.1) is 12.0 Å². The highest BCUT2D eigenvalue weighted by Gasteiger charge is 2.42.